The Morgan fingerprint density at radius 2 is 1.94 bits per heavy atom. The van der Waals surface area contributed by atoms with E-state index in [0.717, 1.165) is 18.4 Å². The second-order valence-corrected chi connectivity index (χ2v) is 7.57. The summed E-state index contributed by atoms with van der Waals surface area (Å²) in [7, 11) is -2.96. The van der Waals surface area contributed by atoms with Crippen molar-refractivity contribution in [1.82, 2.24) is 9.78 Å². The van der Waals surface area contributed by atoms with Crippen LogP contribution in [0.25, 0.3) is 0 Å². The lowest BCUT2D eigenvalue weighted by molar-refractivity contribution is 0.332. The summed E-state index contributed by atoms with van der Waals surface area (Å²) in [6.07, 6.45) is 6.46. The normalized spacial score (nSPS) is 23.8. The molecule has 0 spiro atoms. The van der Waals surface area contributed by atoms with Crippen LogP contribution in [0, 0.1) is 0 Å². The van der Waals surface area contributed by atoms with Crippen LogP contribution >= 0.6 is 0 Å². The van der Waals surface area contributed by atoms with E-state index in [1.165, 1.54) is 19.3 Å². The van der Waals surface area contributed by atoms with E-state index in [9.17, 15) is 8.42 Å². The summed E-state index contributed by atoms with van der Waals surface area (Å²) in [6.45, 7) is 0. The molecular weight excluding hydrogens is 250 g/mol. The lowest BCUT2D eigenvalue weighted by Gasteiger charge is -2.23. The number of hydrogen-bond donors (Lipinski definition) is 1. The Morgan fingerprint density at radius 3 is 2.67 bits per heavy atom. The molecule has 1 aliphatic carbocycles. The summed E-state index contributed by atoms with van der Waals surface area (Å²) >= 11 is 0. The Hall–Kier alpha value is -1.04. The molecule has 100 valence electrons. The second-order valence-electron chi connectivity index (χ2n) is 5.39. The van der Waals surface area contributed by atoms with Gasteiger partial charge in [-0.2, -0.15) is 5.10 Å². The molecule has 1 saturated carbocycles. The Balaban J connectivity index is 1.95. The van der Waals surface area contributed by atoms with Crippen LogP contribution in [0.2, 0.25) is 0 Å². The van der Waals surface area contributed by atoms with E-state index in [1.807, 2.05) is 4.68 Å². The molecule has 1 fully saturated rings. The standard InChI is InChI=1S/C12H19N3O2S/c13-12-10-6-7-18(16,17)8-11(10)14-15(12)9-4-2-1-3-5-9/h9H,1-8,13H2. The van der Waals surface area contributed by atoms with Gasteiger partial charge < -0.3 is 5.73 Å². The first kappa shape index (κ1) is 12.0. The number of hydrogen-bond acceptors (Lipinski definition) is 4. The number of aromatic nitrogens is 2. The van der Waals surface area contributed by atoms with Crippen LogP contribution in [0.4, 0.5) is 5.82 Å². The molecule has 2 N–H and O–H groups in total. The summed E-state index contributed by atoms with van der Waals surface area (Å²) < 4.78 is 25.1. The first-order valence-electron chi connectivity index (χ1n) is 6.63. The third-order valence-corrected chi connectivity index (χ3v) is 5.61. The summed E-state index contributed by atoms with van der Waals surface area (Å²) in [5, 5.41) is 4.48. The number of nitrogens with two attached hydrogens (primary N) is 1. The Bertz CT molecular complexity index is 556. The van der Waals surface area contributed by atoms with Gasteiger partial charge in [0.25, 0.3) is 0 Å². The van der Waals surface area contributed by atoms with Gasteiger partial charge in [-0.15, -0.1) is 0 Å². The van der Waals surface area contributed by atoms with E-state index < -0.39 is 9.84 Å². The quantitative estimate of drug-likeness (QED) is 0.836. The van der Waals surface area contributed by atoms with E-state index in [-0.39, 0.29) is 11.5 Å². The van der Waals surface area contributed by atoms with Gasteiger partial charge in [0.1, 0.15) is 5.82 Å². The molecule has 0 amide bonds. The van der Waals surface area contributed by atoms with Gasteiger partial charge >= 0.3 is 0 Å². The van der Waals surface area contributed by atoms with Crippen LogP contribution in [-0.2, 0) is 22.0 Å². The molecule has 18 heavy (non-hydrogen) atoms. The molecule has 1 aliphatic heterocycles. The molecule has 5 nitrogen and oxygen atoms in total. The highest BCUT2D eigenvalue weighted by Crippen LogP contribution is 2.33. The third kappa shape index (κ3) is 2.02. The van der Waals surface area contributed by atoms with Crippen LogP contribution in [0.1, 0.15) is 49.4 Å². The highest BCUT2D eigenvalue weighted by atomic mass is 32.2. The van der Waals surface area contributed by atoms with Crippen molar-refractivity contribution >= 4 is 15.7 Å². The molecule has 2 aliphatic rings. The zero-order valence-electron chi connectivity index (χ0n) is 10.4. The minimum atomic E-state index is -2.96. The van der Waals surface area contributed by atoms with E-state index >= 15 is 0 Å². The monoisotopic (exact) mass is 269 g/mol. The number of anilines is 1. The summed E-state index contributed by atoms with van der Waals surface area (Å²) in [4.78, 5) is 0. The average molecular weight is 269 g/mol. The number of fused-ring (bicyclic) bond motifs is 1. The van der Waals surface area contributed by atoms with Gasteiger partial charge in [-0.3, -0.25) is 0 Å². The van der Waals surface area contributed by atoms with Gasteiger partial charge in [-0.1, -0.05) is 19.3 Å². The van der Waals surface area contributed by atoms with Crippen molar-refractivity contribution < 1.29 is 8.42 Å². The lowest BCUT2D eigenvalue weighted by atomic mass is 9.95. The number of nitrogens with zero attached hydrogens (tertiary/aromatic N) is 2. The zero-order chi connectivity index (χ0) is 12.8. The molecule has 3 rings (SSSR count). The Morgan fingerprint density at radius 1 is 1.22 bits per heavy atom. The molecule has 1 aromatic heterocycles. The maximum Gasteiger partial charge on any atom is 0.156 e. The minimum Gasteiger partial charge on any atom is -0.384 e. The molecular formula is C12H19N3O2S. The summed E-state index contributed by atoms with van der Waals surface area (Å²) in [5.74, 6) is 0.971. The summed E-state index contributed by atoms with van der Waals surface area (Å²) in [5.41, 5.74) is 7.80. The van der Waals surface area contributed by atoms with Crippen molar-refractivity contribution in [2.24, 2.45) is 0 Å². The number of rotatable bonds is 1. The predicted octanol–water partition coefficient (Wildman–Crippen LogP) is 1.44. The van der Waals surface area contributed by atoms with Crippen molar-refractivity contribution in [3.8, 4) is 0 Å². The average Bonchev–Trinajstić information content (AvgIpc) is 2.66. The third-order valence-electron chi connectivity index (χ3n) is 4.07. The van der Waals surface area contributed by atoms with Gasteiger partial charge in [0, 0.05) is 5.56 Å². The highest BCUT2D eigenvalue weighted by molar-refractivity contribution is 7.90. The fourth-order valence-corrected chi connectivity index (χ4v) is 4.37. The maximum atomic E-state index is 11.6. The van der Waals surface area contributed by atoms with Crippen molar-refractivity contribution in [3.05, 3.63) is 11.3 Å². The first-order chi connectivity index (χ1) is 8.57. The zero-order valence-corrected chi connectivity index (χ0v) is 11.2. The SMILES string of the molecule is Nc1c2c(nn1C1CCCCC1)CS(=O)(=O)CC2. The fourth-order valence-electron chi connectivity index (χ4n) is 3.06. The molecule has 0 atom stereocenters. The largest absolute Gasteiger partial charge is 0.384 e. The van der Waals surface area contributed by atoms with E-state index in [4.69, 9.17) is 5.73 Å². The van der Waals surface area contributed by atoms with Crippen molar-refractivity contribution in [3.63, 3.8) is 0 Å². The van der Waals surface area contributed by atoms with Gasteiger partial charge in [-0.25, -0.2) is 13.1 Å². The number of nitrogen functional groups attached to an aromatic ring is 1. The van der Waals surface area contributed by atoms with E-state index in [0.29, 0.717) is 24.0 Å². The topological polar surface area (TPSA) is 78.0 Å². The Labute approximate surface area is 107 Å². The van der Waals surface area contributed by atoms with Crippen LogP contribution < -0.4 is 5.73 Å². The molecule has 0 bridgehead atoms. The molecule has 0 saturated heterocycles. The Kier molecular flexibility index (Phi) is 2.84. The van der Waals surface area contributed by atoms with Crippen LogP contribution in [0.15, 0.2) is 0 Å². The van der Waals surface area contributed by atoms with Crippen LogP contribution in [0.3, 0.4) is 0 Å². The van der Waals surface area contributed by atoms with Gasteiger partial charge in [0.15, 0.2) is 9.84 Å². The molecule has 0 aromatic carbocycles. The lowest BCUT2D eigenvalue weighted by Crippen LogP contribution is -2.18. The molecule has 1 aromatic rings. The number of sulfone groups is 1. The highest BCUT2D eigenvalue weighted by Gasteiger charge is 2.29. The van der Waals surface area contributed by atoms with Gasteiger partial charge in [0.2, 0.25) is 0 Å². The second kappa shape index (κ2) is 4.26. The molecule has 0 unspecified atom stereocenters. The van der Waals surface area contributed by atoms with Crippen LogP contribution in [0.5, 0.6) is 0 Å². The smallest absolute Gasteiger partial charge is 0.156 e. The van der Waals surface area contributed by atoms with Gasteiger partial charge in [0.05, 0.1) is 23.2 Å². The fraction of sp³-hybridized carbons (Fsp3) is 0.750. The van der Waals surface area contributed by atoms with Crippen molar-refractivity contribution in [1.29, 1.82) is 0 Å². The molecule has 2 heterocycles. The van der Waals surface area contributed by atoms with Crippen molar-refractivity contribution in [2.75, 3.05) is 11.5 Å². The van der Waals surface area contributed by atoms with Crippen LogP contribution in [-0.4, -0.2) is 24.0 Å². The van der Waals surface area contributed by atoms with Crippen molar-refractivity contribution in [2.45, 2.75) is 50.3 Å². The minimum absolute atomic E-state index is 0.0618. The van der Waals surface area contributed by atoms with E-state index in [2.05, 4.69) is 5.10 Å². The van der Waals surface area contributed by atoms with Gasteiger partial charge in [-0.05, 0) is 19.3 Å². The predicted molar refractivity (Wildman–Crippen MR) is 70.0 cm³/mol. The summed E-state index contributed by atoms with van der Waals surface area (Å²) in [6, 6.07) is 0.368. The van der Waals surface area contributed by atoms with E-state index in [1.54, 1.807) is 0 Å². The molecule has 0 radical (unpaired) electrons. The molecule has 6 heteroatoms. The maximum absolute atomic E-state index is 11.6. The first-order valence-corrected chi connectivity index (χ1v) is 8.45.